The Morgan fingerprint density at radius 2 is 2.12 bits per heavy atom. The predicted molar refractivity (Wildman–Crippen MR) is 104 cm³/mol. The van der Waals surface area contributed by atoms with Gasteiger partial charge in [-0.2, -0.15) is 0 Å². The second-order valence-corrected chi connectivity index (χ2v) is 7.75. The first-order valence-corrected chi connectivity index (χ1v) is 9.87. The average molecular weight is 421 g/mol. The van der Waals surface area contributed by atoms with E-state index in [2.05, 4.69) is 33.1 Å². The highest BCUT2D eigenvalue weighted by Crippen LogP contribution is 2.19. The van der Waals surface area contributed by atoms with Gasteiger partial charge in [0.15, 0.2) is 5.76 Å². The van der Waals surface area contributed by atoms with Crippen molar-refractivity contribution >= 4 is 21.8 Å². The molecule has 26 heavy (non-hydrogen) atoms. The fourth-order valence-corrected chi connectivity index (χ4v) is 3.49. The molecule has 0 aliphatic carbocycles. The van der Waals surface area contributed by atoms with Gasteiger partial charge in [-0.1, -0.05) is 28.9 Å². The summed E-state index contributed by atoms with van der Waals surface area (Å²) in [6.07, 6.45) is 2.58. The lowest BCUT2D eigenvalue weighted by Crippen LogP contribution is -2.34. The number of hydrogen-bond donors (Lipinski definition) is 1. The molecule has 2 aromatic rings. The topological polar surface area (TPSA) is 54.7 Å². The molecule has 1 unspecified atom stereocenters. The molecule has 1 aliphatic rings. The third kappa shape index (κ3) is 5.61. The fraction of sp³-hybridized carbons (Fsp3) is 0.450. The quantitative estimate of drug-likeness (QED) is 0.698. The Bertz CT molecular complexity index is 725. The molecule has 1 aliphatic heterocycles. The second kappa shape index (κ2) is 9.24. The van der Waals surface area contributed by atoms with E-state index in [4.69, 9.17) is 9.15 Å². The van der Waals surface area contributed by atoms with Crippen LogP contribution in [0.25, 0.3) is 0 Å². The molecule has 1 amide bonds. The number of carbonyl (C=O) groups excluding carboxylic acids is 1. The highest BCUT2D eigenvalue weighted by molar-refractivity contribution is 9.10. The van der Waals surface area contributed by atoms with Crippen LogP contribution in [0.5, 0.6) is 5.75 Å². The molecule has 1 saturated heterocycles. The standard InChI is InChI=1S/C20H25BrN2O3/c1-15(13-23-9-2-3-10-23)12-22-20(24)19-8-7-18(26-19)14-25-17-6-4-5-16(21)11-17/h4-8,11,15H,2-3,9-10,12-14H2,1H3,(H,22,24). The van der Waals surface area contributed by atoms with Gasteiger partial charge in [-0.25, -0.2) is 0 Å². The van der Waals surface area contributed by atoms with Gasteiger partial charge in [-0.05, 0) is 62.2 Å². The van der Waals surface area contributed by atoms with Gasteiger partial charge in [-0.3, -0.25) is 4.79 Å². The monoisotopic (exact) mass is 420 g/mol. The zero-order valence-corrected chi connectivity index (χ0v) is 16.6. The molecule has 140 valence electrons. The lowest BCUT2D eigenvalue weighted by molar-refractivity contribution is 0.0913. The van der Waals surface area contributed by atoms with Gasteiger partial charge in [0.1, 0.15) is 18.1 Å². The SMILES string of the molecule is CC(CNC(=O)c1ccc(COc2cccc(Br)c2)o1)CN1CCCC1. The van der Waals surface area contributed by atoms with E-state index in [0.717, 1.165) is 16.8 Å². The van der Waals surface area contributed by atoms with E-state index in [-0.39, 0.29) is 12.5 Å². The molecule has 1 atom stereocenters. The minimum absolute atomic E-state index is 0.174. The van der Waals surface area contributed by atoms with Gasteiger partial charge in [0, 0.05) is 17.6 Å². The maximum Gasteiger partial charge on any atom is 0.287 e. The zero-order chi connectivity index (χ0) is 18.4. The first kappa shape index (κ1) is 19.0. The molecule has 1 N–H and O–H groups in total. The van der Waals surface area contributed by atoms with Crippen LogP contribution in [-0.4, -0.2) is 37.0 Å². The Labute approximate surface area is 162 Å². The van der Waals surface area contributed by atoms with Gasteiger partial charge in [-0.15, -0.1) is 0 Å². The number of rotatable bonds is 8. The van der Waals surface area contributed by atoms with E-state index >= 15 is 0 Å². The summed E-state index contributed by atoms with van der Waals surface area (Å²) < 4.78 is 12.2. The number of halogens is 1. The van der Waals surface area contributed by atoms with Crippen LogP contribution in [0.15, 0.2) is 45.3 Å². The summed E-state index contributed by atoms with van der Waals surface area (Å²) in [5.41, 5.74) is 0. The minimum Gasteiger partial charge on any atom is -0.486 e. The van der Waals surface area contributed by atoms with Crippen LogP contribution < -0.4 is 10.1 Å². The van der Waals surface area contributed by atoms with Crippen molar-refractivity contribution in [1.29, 1.82) is 0 Å². The lowest BCUT2D eigenvalue weighted by atomic mass is 10.1. The first-order valence-electron chi connectivity index (χ1n) is 9.08. The summed E-state index contributed by atoms with van der Waals surface area (Å²) in [7, 11) is 0. The van der Waals surface area contributed by atoms with Gasteiger partial charge in [0.05, 0.1) is 0 Å². The highest BCUT2D eigenvalue weighted by Gasteiger charge is 2.16. The van der Waals surface area contributed by atoms with Crippen LogP contribution in [-0.2, 0) is 6.61 Å². The Balaban J connectivity index is 1.43. The molecular weight excluding hydrogens is 396 g/mol. The first-order chi connectivity index (χ1) is 12.6. The zero-order valence-electron chi connectivity index (χ0n) is 15.0. The number of furan rings is 1. The van der Waals surface area contributed by atoms with E-state index in [1.54, 1.807) is 12.1 Å². The Morgan fingerprint density at radius 1 is 1.31 bits per heavy atom. The van der Waals surface area contributed by atoms with E-state index in [9.17, 15) is 4.79 Å². The number of ether oxygens (including phenoxy) is 1. The van der Waals surface area contributed by atoms with Crippen molar-refractivity contribution in [2.45, 2.75) is 26.4 Å². The Hall–Kier alpha value is -1.79. The van der Waals surface area contributed by atoms with E-state index < -0.39 is 0 Å². The van der Waals surface area contributed by atoms with E-state index in [0.29, 0.717) is 24.0 Å². The summed E-state index contributed by atoms with van der Waals surface area (Å²) in [6.45, 7) is 6.49. The lowest BCUT2D eigenvalue weighted by Gasteiger charge is -2.20. The van der Waals surface area contributed by atoms with Gasteiger partial charge in [0.25, 0.3) is 5.91 Å². The van der Waals surface area contributed by atoms with E-state index in [1.165, 1.54) is 25.9 Å². The van der Waals surface area contributed by atoms with Crippen molar-refractivity contribution in [2.24, 2.45) is 5.92 Å². The highest BCUT2D eigenvalue weighted by atomic mass is 79.9. The largest absolute Gasteiger partial charge is 0.486 e. The van der Waals surface area contributed by atoms with Crippen molar-refractivity contribution in [1.82, 2.24) is 10.2 Å². The second-order valence-electron chi connectivity index (χ2n) is 6.83. The third-order valence-corrected chi connectivity index (χ3v) is 4.94. The molecule has 5 nitrogen and oxygen atoms in total. The van der Waals surface area contributed by atoms with Crippen molar-refractivity contribution < 1.29 is 13.9 Å². The molecule has 1 fully saturated rings. The van der Waals surface area contributed by atoms with Crippen LogP contribution in [0.3, 0.4) is 0 Å². The smallest absolute Gasteiger partial charge is 0.287 e. The molecule has 2 heterocycles. The Morgan fingerprint density at radius 3 is 2.88 bits per heavy atom. The predicted octanol–water partition coefficient (Wildman–Crippen LogP) is 4.08. The van der Waals surface area contributed by atoms with Crippen LogP contribution in [0.2, 0.25) is 0 Å². The molecular formula is C20H25BrN2O3. The van der Waals surface area contributed by atoms with Crippen LogP contribution in [0, 0.1) is 5.92 Å². The van der Waals surface area contributed by atoms with Gasteiger partial charge >= 0.3 is 0 Å². The number of likely N-dealkylation sites (tertiary alicyclic amines) is 1. The van der Waals surface area contributed by atoms with Crippen molar-refractivity contribution in [3.05, 3.63) is 52.4 Å². The minimum atomic E-state index is -0.174. The maximum atomic E-state index is 12.3. The summed E-state index contributed by atoms with van der Waals surface area (Å²) in [5.74, 6) is 1.95. The number of nitrogens with zero attached hydrogens (tertiary/aromatic N) is 1. The maximum absolute atomic E-state index is 12.3. The summed E-state index contributed by atoms with van der Waals surface area (Å²) >= 11 is 3.41. The molecule has 6 heteroatoms. The molecule has 3 rings (SSSR count). The molecule has 0 radical (unpaired) electrons. The fourth-order valence-electron chi connectivity index (χ4n) is 3.11. The Kier molecular flexibility index (Phi) is 6.74. The number of nitrogens with one attached hydrogen (secondary N) is 1. The molecule has 1 aromatic carbocycles. The molecule has 1 aromatic heterocycles. The summed E-state index contributed by atoms with van der Waals surface area (Å²) in [5, 5.41) is 2.96. The number of carbonyl (C=O) groups is 1. The molecule has 0 spiro atoms. The van der Waals surface area contributed by atoms with Gasteiger partial charge in [0.2, 0.25) is 0 Å². The van der Waals surface area contributed by atoms with Crippen molar-refractivity contribution in [2.75, 3.05) is 26.2 Å². The summed E-state index contributed by atoms with van der Waals surface area (Å²) in [4.78, 5) is 14.7. The average Bonchev–Trinajstić information content (AvgIpc) is 3.30. The van der Waals surface area contributed by atoms with Gasteiger partial charge < -0.3 is 19.4 Å². The number of benzene rings is 1. The molecule has 0 bridgehead atoms. The van der Waals surface area contributed by atoms with Crippen LogP contribution >= 0.6 is 15.9 Å². The summed E-state index contributed by atoms with van der Waals surface area (Å²) in [6, 6.07) is 11.1. The molecule has 0 saturated carbocycles. The number of hydrogen-bond acceptors (Lipinski definition) is 4. The van der Waals surface area contributed by atoms with Crippen LogP contribution in [0.4, 0.5) is 0 Å². The van der Waals surface area contributed by atoms with E-state index in [1.807, 2.05) is 24.3 Å². The van der Waals surface area contributed by atoms with Crippen LogP contribution in [0.1, 0.15) is 36.1 Å². The number of amides is 1. The van der Waals surface area contributed by atoms with Crippen molar-refractivity contribution in [3.63, 3.8) is 0 Å². The normalized spacial score (nSPS) is 15.8. The van der Waals surface area contributed by atoms with Crippen molar-refractivity contribution in [3.8, 4) is 5.75 Å². The third-order valence-electron chi connectivity index (χ3n) is 4.44.